The molecular weight excluding hydrogens is 256 g/mol. The molecule has 16 heavy (non-hydrogen) atoms. The maximum atomic E-state index is 11.9. The molecule has 0 saturated heterocycles. The van der Waals surface area contributed by atoms with Crippen LogP contribution in [0, 0.1) is 22.7 Å². The molecule has 0 aromatic rings. The van der Waals surface area contributed by atoms with Gasteiger partial charge in [0.15, 0.2) is 0 Å². The van der Waals surface area contributed by atoms with Crippen molar-refractivity contribution in [2.75, 3.05) is 0 Å². The largest absolute Gasteiger partial charge is 0.423 e. The molecule has 0 unspecified atom stereocenters. The summed E-state index contributed by atoms with van der Waals surface area (Å²) in [5.41, 5.74) is 0. The van der Waals surface area contributed by atoms with E-state index in [1.807, 2.05) is 0 Å². The Hall–Kier alpha value is -0.866. The first-order valence-corrected chi connectivity index (χ1v) is 9.54. The highest BCUT2D eigenvalue weighted by atomic mass is 28.4. The van der Waals surface area contributed by atoms with Gasteiger partial charge in [-0.1, -0.05) is 0 Å². The molecule has 92 valence electrons. The average Bonchev–Trinajstić information content (AvgIpc) is 2.10. The lowest BCUT2D eigenvalue weighted by molar-refractivity contribution is 0.605. The fraction of sp³-hybridized carbons (Fsp3) is 0.750. The molecule has 0 radical (unpaired) electrons. The topological polar surface area (TPSA) is 47.6 Å². The van der Waals surface area contributed by atoms with Crippen molar-refractivity contribution in [3.63, 3.8) is 0 Å². The number of hydrogen-bond donors (Lipinski definition) is 0. The van der Waals surface area contributed by atoms with E-state index in [1.54, 1.807) is 12.1 Å². The van der Waals surface area contributed by atoms with E-state index in [2.05, 4.69) is 0 Å². The summed E-state index contributed by atoms with van der Waals surface area (Å²) in [7, 11) is -7.80. The summed E-state index contributed by atoms with van der Waals surface area (Å²) in [6, 6.07) is 2.98. The predicted octanol–water partition coefficient (Wildman–Crippen LogP) is 3.82. The van der Waals surface area contributed by atoms with Crippen LogP contribution in [0.5, 0.6) is 0 Å². The van der Waals surface area contributed by atoms with Crippen LogP contribution >= 0.6 is 0 Å². The predicted molar refractivity (Wildman–Crippen MR) is 57.7 cm³/mol. The van der Waals surface area contributed by atoms with Gasteiger partial charge in [0, 0.05) is 24.9 Å². The SMILES string of the molecule is C[Si](F)(F)CCC#N.C[Si](F)(F)CCC#N. The van der Waals surface area contributed by atoms with Crippen LogP contribution in [0.1, 0.15) is 12.8 Å². The van der Waals surface area contributed by atoms with Crippen molar-refractivity contribution >= 4 is 17.5 Å². The zero-order chi connectivity index (χ0) is 13.2. The van der Waals surface area contributed by atoms with E-state index in [4.69, 9.17) is 10.5 Å². The van der Waals surface area contributed by atoms with Crippen molar-refractivity contribution in [1.82, 2.24) is 0 Å². The fourth-order valence-corrected chi connectivity index (χ4v) is 1.65. The zero-order valence-corrected chi connectivity index (χ0v) is 11.2. The molecule has 0 bridgehead atoms. The highest BCUT2D eigenvalue weighted by Gasteiger charge is 2.26. The van der Waals surface area contributed by atoms with Gasteiger partial charge in [0.2, 0.25) is 0 Å². The Morgan fingerprint density at radius 2 is 1.06 bits per heavy atom. The second-order valence-corrected chi connectivity index (χ2v) is 8.74. The molecule has 0 saturated carbocycles. The Labute approximate surface area is 95.2 Å². The smallest absolute Gasteiger partial charge is 0.271 e. The van der Waals surface area contributed by atoms with Crippen LogP contribution in [0.25, 0.3) is 0 Å². The molecule has 0 rings (SSSR count). The van der Waals surface area contributed by atoms with Crippen LogP contribution in [0.3, 0.4) is 0 Å². The number of halogens is 4. The monoisotopic (exact) mass is 270 g/mol. The van der Waals surface area contributed by atoms with Crippen molar-refractivity contribution in [3.8, 4) is 12.1 Å². The summed E-state index contributed by atoms with van der Waals surface area (Å²) >= 11 is 0. The van der Waals surface area contributed by atoms with Gasteiger partial charge in [-0.15, -0.1) is 0 Å². The van der Waals surface area contributed by atoms with E-state index in [0.717, 1.165) is 13.1 Å². The zero-order valence-electron chi connectivity index (χ0n) is 9.23. The van der Waals surface area contributed by atoms with E-state index < -0.39 is 17.5 Å². The Balaban J connectivity index is 0. The average molecular weight is 270 g/mol. The van der Waals surface area contributed by atoms with Crippen molar-refractivity contribution in [2.24, 2.45) is 0 Å². The van der Waals surface area contributed by atoms with Crippen LogP contribution in [0.2, 0.25) is 25.2 Å². The summed E-state index contributed by atoms with van der Waals surface area (Å²) in [6.45, 7) is 1.90. The highest BCUT2D eigenvalue weighted by Crippen LogP contribution is 2.14. The molecular formula is C8H14F4N2Si2. The molecule has 0 N–H and O–H groups in total. The molecule has 0 atom stereocenters. The van der Waals surface area contributed by atoms with Crippen LogP contribution < -0.4 is 0 Å². The summed E-state index contributed by atoms with van der Waals surface area (Å²) < 4.78 is 47.6. The lowest BCUT2D eigenvalue weighted by Crippen LogP contribution is -2.14. The molecule has 0 aliphatic rings. The second-order valence-electron chi connectivity index (χ2n) is 3.46. The highest BCUT2D eigenvalue weighted by molar-refractivity contribution is 6.64. The van der Waals surface area contributed by atoms with Crippen molar-refractivity contribution in [1.29, 1.82) is 10.5 Å². The van der Waals surface area contributed by atoms with Gasteiger partial charge in [0.05, 0.1) is 12.1 Å². The summed E-state index contributed by atoms with van der Waals surface area (Å²) in [4.78, 5) is 0. The van der Waals surface area contributed by atoms with Crippen LogP contribution in [0.15, 0.2) is 0 Å². The second kappa shape index (κ2) is 8.30. The van der Waals surface area contributed by atoms with Crippen molar-refractivity contribution in [3.05, 3.63) is 0 Å². The lowest BCUT2D eigenvalue weighted by atomic mass is 10.6. The first-order chi connectivity index (χ1) is 7.12. The molecule has 0 aromatic carbocycles. The van der Waals surface area contributed by atoms with Gasteiger partial charge in [-0.05, 0) is 13.1 Å². The van der Waals surface area contributed by atoms with E-state index in [1.165, 1.54) is 0 Å². The minimum Gasteiger partial charge on any atom is -0.271 e. The number of nitriles is 2. The molecule has 0 aliphatic carbocycles. The number of nitrogens with zero attached hydrogens (tertiary/aromatic N) is 2. The van der Waals surface area contributed by atoms with Gasteiger partial charge in [0.25, 0.3) is 0 Å². The van der Waals surface area contributed by atoms with Gasteiger partial charge in [0.1, 0.15) is 0 Å². The molecule has 0 aromatic heterocycles. The summed E-state index contributed by atoms with van der Waals surface area (Å²) in [6.07, 6.45) is -0.00849. The molecule has 0 aliphatic heterocycles. The van der Waals surface area contributed by atoms with E-state index in [9.17, 15) is 16.4 Å². The third kappa shape index (κ3) is 23.2. The standard InChI is InChI=1S/2C4H7F2NSi/c2*1-8(5,6)4-2-3-7/h2*2,4H2,1H3. The minimum atomic E-state index is -3.90. The van der Waals surface area contributed by atoms with Gasteiger partial charge in [-0.3, -0.25) is 16.4 Å². The van der Waals surface area contributed by atoms with Crippen LogP contribution in [-0.4, -0.2) is 17.5 Å². The molecule has 0 amide bonds. The maximum Gasteiger partial charge on any atom is 0.423 e. The van der Waals surface area contributed by atoms with Crippen LogP contribution in [-0.2, 0) is 0 Å². The quantitative estimate of drug-likeness (QED) is 0.443. The summed E-state index contributed by atoms with van der Waals surface area (Å²) in [5, 5.41) is 15.7. The minimum absolute atomic E-state index is 0.00424. The third-order valence-electron chi connectivity index (χ3n) is 1.35. The molecule has 0 spiro atoms. The first-order valence-electron chi connectivity index (χ1n) is 4.62. The Bertz CT molecular complexity index is 231. The molecule has 0 fully saturated rings. The molecule has 0 heterocycles. The first kappa shape index (κ1) is 17.5. The maximum absolute atomic E-state index is 11.9. The summed E-state index contributed by atoms with van der Waals surface area (Å²) in [5.74, 6) is 0. The van der Waals surface area contributed by atoms with Crippen molar-refractivity contribution < 1.29 is 16.4 Å². The normalized spacial score (nSPS) is 10.8. The fourth-order valence-electron chi connectivity index (χ4n) is 0.551. The lowest BCUT2D eigenvalue weighted by Gasteiger charge is -1.99. The number of rotatable bonds is 4. The van der Waals surface area contributed by atoms with Crippen molar-refractivity contribution in [2.45, 2.75) is 38.0 Å². The van der Waals surface area contributed by atoms with Gasteiger partial charge < -0.3 is 0 Å². The third-order valence-corrected chi connectivity index (χ3v) is 3.61. The van der Waals surface area contributed by atoms with Gasteiger partial charge >= 0.3 is 17.5 Å². The van der Waals surface area contributed by atoms with Gasteiger partial charge in [-0.25, -0.2) is 0 Å². The molecule has 8 heteroatoms. The van der Waals surface area contributed by atoms with E-state index >= 15 is 0 Å². The van der Waals surface area contributed by atoms with Gasteiger partial charge in [-0.2, -0.15) is 10.5 Å². The van der Waals surface area contributed by atoms with E-state index in [-0.39, 0.29) is 24.9 Å². The van der Waals surface area contributed by atoms with Crippen LogP contribution in [0.4, 0.5) is 16.4 Å². The Morgan fingerprint density at radius 3 is 1.12 bits per heavy atom. The van der Waals surface area contributed by atoms with E-state index in [0.29, 0.717) is 0 Å². The Morgan fingerprint density at radius 1 is 0.812 bits per heavy atom. The Kier molecular flexibility index (Phi) is 9.10. The molecule has 2 nitrogen and oxygen atoms in total. The number of hydrogen-bond acceptors (Lipinski definition) is 2.